The van der Waals surface area contributed by atoms with Gasteiger partial charge < -0.3 is 14.6 Å². The molecule has 2 aliphatic rings. The highest BCUT2D eigenvalue weighted by atomic mass is 16.5. The summed E-state index contributed by atoms with van der Waals surface area (Å²) in [7, 11) is 0. The van der Waals surface area contributed by atoms with E-state index in [2.05, 4.69) is 6.92 Å². The molecule has 1 heterocycles. The van der Waals surface area contributed by atoms with Crippen molar-refractivity contribution in [2.24, 2.45) is 11.8 Å². The number of rotatable bonds is 4. The molecule has 0 aromatic carbocycles. The predicted molar refractivity (Wildman–Crippen MR) is 62.9 cm³/mol. The number of hydrogen-bond donors (Lipinski definition) is 1. The molecule has 98 valence electrons. The summed E-state index contributed by atoms with van der Waals surface area (Å²) in [6.07, 6.45) is 4.85. The minimum absolute atomic E-state index is 0.143. The maximum absolute atomic E-state index is 11.1. The monoisotopic (exact) mass is 242 g/mol. The third-order valence-electron chi connectivity index (χ3n) is 4.05. The highest BCUT2D eigenvalue weighted by Crippen LogP contribution is 2.37. The summed E-state index contributed by atoms with van der Waals surface area (Å²) in [5, 5.41) is 9.16. The van der Waals surface area contributed by atoms with Crippen LogP contribution < -0.4 is 0 Å². The van der Waals surface area contributed by atoms with Crippen molar-refractivity contribution >= 4 is 5.97 Å². The predicted octanol–water partition coefficient (Wildman–Crippen LogP) is 2.07. The van der Waals surface area contributed by atoms with E-state index in [4.69, 9.17) is 14.6 Å². The molecule has 4 heteroatoms. The number of carboxylic acids is 1. The maximum Gasteiger partial charge on any atom is 0.306 e. The molecule has 0 amide bonds. The first kappa shape index (κ1) is 12.8. The van der Waals surface area contributed by atoms with E-state index in [1.165, 1.54) is 0 Å². The average Bonchev–Trinajstić information content (AvgIpc) is 2.73. The first-order chi connectivity index (χ1) is 8.20. The standard InChI is InChI=1S/C13H22O4/c1-2-9-7-11(8-12(9)13(14)15)17-10-3-5-16-6-4-10/h9-12H,2-8H2,1H3,(H,14,15)/t9-,11+,12+/m1/s1. The van der Waals surface area contributed by atoms with Gasteiger partial charge in [-0.2, -0.15) is 0 Å². The zero-order valence-electron chi connectivity index (χ0n) is 10.4. The van der Waals surface area contributed by atoms with Crippen LogP contribution in [0.25, 0.3) is 0 Å². The van der Waals surface area contributed by atoms with Crippen LogP contribution in [0.15, 0.2) is 0 Å². The van der Waals surface area contributed by atoms with Gasteiger partial charge in [-0.05, 0) is 31.6 Å². The third kappa shape index (κ3) is 3.19. The molecule has 17 heavy (non-hydrogen) atoms. The molecule has 0 bridgehead atoms. The van der Waals surface area contributed by atoms with Gasteiger partial charge in [0, 0.05) is 13.2 Å². The lowest BCUT2D eigenvalue weighted by molar-refractivity contribution is -0.143. The minimum atomic E-state index is -0.657. The molecule has 0 aromatic rings. The van der Waals surface area contributed by atoms with Gasteiger partial charge in [0.25, 0.3) is 0 Å². The van der Waals surface area contributed by atoms with Gasteiger partial charge in [0.2, 0.25) is 0 Å². The van der Waals surface area contributed by atoms with Crippen molar-refractivity contribution in [3.05, 3.63) is 0 Å². The first-order valence-electron chi connectivity index (χ1n) is 6.66. The van der Waals surface area contributed by atoms with E-state index >= 15 is 0 Å². The Labute approximate surface area is 102 Å². The Morgan fingerprint density at radius 1 is 1.29 bits per heavy atom. The van der Waals surface area contributed by atoms with E-state index in [0.29, 0.717) is 6.42 Å². The van der Waals surface area contributed by atoms with Crippen molar-refractivity contribution in [2.45, 2.75) is 51.2 Å². The topological polar surface area (TPSA) is 55.8 Å². The summed E-state index contributed by atoms with van der Waals surface area (Å²) >= 11 is 0. The van der Waals surface area contributed by atoms with Crippen molar-refractivity contribution in [1.29, 1.82) is 0 Å². The summed E-state index contributed by atoms with van der Waals surface area (Å²) in [4.78, 5) is 11.1. The SMILES string of the molecule is CC[C@@H]1C[C@H](OC2CCOCC2)C[C@@H]1C(=O)O. The van der Waals surface area contributed by atoms with Crippen LogP contribution in [0.2, 0.25) is 0 Å². The molecule has 0 spiro atoms. The minimum Gasteiger partial charge on any atom is -0.481 e. The summed E-state index contributed by atoms with van der Waals surface area (Å²) < 4.78 is 11.3. The fourth-order valence-corrected chi connectivity index (χ4v) is 3.02. The van der Waals surface area contributed by atoms with Gasteiger partial charge in [0.15, 0.2) is 0 Å². The number of carbonyl (C=O) groups is 1. The molecule has 1 aliphatic carbocycles. The number of aliphatic carboxylic acids is 1. The highest BCUT2D eigenvalue weighted by molar-refractivity contribution is 5.70. The van der Waals surface area contributed by atoms with Gasteiger partial charge >= 0.3 is 5.97 Å². The van der Waals surface area contributed by atoms with Crippen LogP contribution in [0.1, 0.15) is 39.0 Å². The molecule has 2 rings (SSSR count). The average molecular weight is 242 g/mol. The van der Waals surface area contributed by atoms with E-state index < -0.39 is 5.97 Å². The highest BCUT2D eigenvalue weighted by Gasteiger charge is 2.39. The van der Waals surface area contributed by atoms with Gasteiger partial charge in [-0.25, -0.2) is 0 Å². The quantitative estimate of drug-likeness (QED) is 0.820. The lowest BCUT2D eigenvalue weighted by atomic mass is 9.94. The number of hydrogen-bond acceptors (Lipinski definition) is 3. The Morgan fingerprint density at radius 3 is 2.53 bits per heavy atom. The van der Waals surface area contributed by atoms with Crippen molar-refractivity contribution in [1.82, 2.24) is 0 Å². The Morgan fingerprint density at radius 2 is 2.00 bits per heavy atom. The second-order valence-corrected chi connectivity index (χ2v) is 5.15. The van der Waals surface area contributed by atoms with Crippen LogP contribution in [0, 0.1) is 11.8 Å². The fourth-order valence-electron chi connectivity index (χ4n) is 3.02. The molecule has 1 N–H and O–H groups in total. The molecule has 4 nitrogen and oxygen atoms in total. The Balaban J connectivity index is 1.84. The van der Waals surface area contributed by atoms with E-state index in [1.807, 2.05) is 0 Å². The van der Waals surface area contributed by atoms with Crippen LogP contribution in [-0.2, 0) is 14.3 Å². The van der Waals surface area contributed by atoms with Crippen LogP contribution in [0.3, 0.4) is 0 Å². The summed E-state index contributed by atoms with van der Waals surface area (Å²) in [5.74, 6) is -0.572. The van der Waals surface area contributed by atoms with Crippen LogP contribution in [0.4, 0.5) is 0 Å². The Kier molecular flexibility index (Phi) is 4.40. The van der Waals surface area contributed by atoms with Crippen LogP contribution in [0.5, 0.6) is 0 Å². The molecule has 0 aromatic heterocycles. The largest absolute Gasteiger partial charge is 0.481 e. The molecule has 3 atom stereocenters. The van der Waals surface area contributed by atoms with Gasteiger partial charge in [-0.15, -0.1) is 0 Å². The molecule has 2 fully saturated rings. The van der Waals surface area contributed by atoms with Crippen molar-refractivity contribution in [2.75, 3.05) is 13.2 Å². The van der Waals surface area contributed by atoms with Gasteiger partial charge in [0.05, 0.1) is 18.1 Å². The molecule has 1 saturated carbocycles. The van der Waals surface area contributed by atoms with Crippen molar-refractivity contribution in [3.8, 4) is 0 Å². The second-order valence-electron chi connectivity index (χ2n) is 5.15. The van der Waals surface area contributed by atoms with E-state index in [-0.39, 0.29) is 24.0 Å². The fraction of sp³-hybridized carbons (Fsp3) is 0.923. The molecule has 0 radical (unpaired) electrons. The smallest absolute Gasteiger partial charge is 0.306 e. The zero-order valence-corrected chi connectivity index (χ0v) is 10.4. The lowest BCUT2D eigenvalue weighted by Crippen LogP contribution is -2.27. The normalized spacial score (nSPS) is 35.0. The molecule has 1 saturated heterocycles. The van der Waals surface area contributed by atoms with E-state index in [1.54, 1.807) is 0 Å². The first-order valence-corrected chi connectivity index (χ1v) is 6.66. The lowest BCUT2D eigenvalue weighted by Gasteiger charge is -2.25. The zero-order chi connectivity index (χ0) is 12.3. The molecular formula is C13H22O4. The van der Waals surface area contributed by atoms with Gasteiger partial charge in [-0.3, -0.25) is 4.79 Å². The Hall–Kier alpha value is -0.610. The van der Waals surface area contributed by atoms with Crippen LogP contribution in [-0.4, -0.2) is 36.5 Å². The van der Waals surface area contributed by atoms with E-state index in [0.717, 1.165) is 38.9 Å². The maximum atomic E-state index is 11.1. The second kappa shape index (κ2) is 5.83. The molecule has 0 unspecified atom stereocenters. The van der Waals surface area contributed by atoms with Crippen molar-refractivity contribution < 1.29 is 19.4 Å². The summed E-state index contributed by atoms with van der Waals surface area (Å²) in [6, 6.07) is 0. The van der Waals surface area contributed by atoms with Gasteiger partial charge in [0.1, 0.15) is 0 Å². The number of ether oxygens (including phenoxy) is 2. The van der Waals surface area contributed by atoms with E-state index in [9.17, 15) is 4.79 Å². The number of carboxylic acid groups (broad SMARTS) is 1. The molecule has 1 aliphatic heterocycles. The van der Waals surface area contributed by atoms with Gasteiger partial charge in [-0.1, -0.05) is 13.3 Å². The third-order valence-corrected chi connectivity index (χ3v) is 4.05. The Bertz CT molecular complexity index is 260. The summed E-state index contributed by atoms with van der Waals surface area (Å²) in [6.45, 7) is 3.62. The van der Waals surface area contributed by atoms with Crippen molar-refractivity contribution in [3.63, 3.8) is 0 Å². The van der Waals surface area contributed by atoms with Crippen LogP contribution >= 0.6 is 0 Å². The summed E-state index contributed by atoms with van der Waals surface area (Å²) in [5.41, 5.74) is 0. The molecular weight excluding hydrogens is 220 g/mol.